The molecule has 1 atom stereocenters. The molecular weight excluding hydrogens is 316 g/mol. The number of nitrogens with zero attached hydrogens (tertiary/aromatic N) is 3. The molecule has 0 amide bonds. The number of carboxylic acids is 1. The summed E-state index contributed by atoms with van der Waals surface area (Å²) in [7, 11) is 0. The summed E-state index contributed by atoms with van der Waals surface area (Å²) >= 11 is 1.01. The van der Waals surface area contributed by atoms with Gasteiger partial charge in [-0.1, -0.05) is 36.9 Å². The second-order valence-corrected chi connectivity index (χ2v) is 6.23. The first-order valence-electron chi connectivity index (χ1n) is 7.16. The lowest BCUT2D eigenvalue weighted by Crippen LogP contribution is -2.40. The standard InChI is InChI=1S/C15H16N4O3S/c1-3-15(2)17-10-7-5-4-6-9(10)12-13(22-15)16-14(19-18-12)23-8-11(20)21/h4-7,17H,3,8H2,1-2H3,(H,20,21). The highest BCUT2D eigenvalue weighted by molar-refractivity contribution is 7.99. The molecule has 3 rings (SSSR count). The van der Waals surface area contributed by atoms with Crippen molar-refractivity contribution in [2.75, 3.05) is 11.1 Å². The zero-order valence-electron chi connectivity index (χ0n) is 12.7. The molecule has 1 aromatic heterocycles. The van der Waals surface area contributed by atoms with Crippen LogP contribution in [0.1, 0.15) is 20.3 Å². The fourth-order valence-corrected chi connectivity index (χ4v) is 2.71. The molecule has 0 fully saturated rings. The Bertz CT molecular complexity index is 755. The van der Waals surface area contributed by atoms with Crippen LogP contribution in [-0.4, -0.2) is 37.7 Å². The number of anilines is 1. The van der Waals surface area contributed by atoms with Gasteiger partial charge in [-0.05, 0) is 13.0 Å². The summed E-state index contributed by atoms with van der Waals surface area (Å²) in [5.74, 6) is -0.699. The molecule has 1 aliphatic heterocycles. The molecule has 8 heteroatoms. The second-order valence-electron chi connectivity index (χ2n) is 5.29. The van der Waals surface area contributed by atoms with Crippen LogP contribution >= 0.6 is 11.8 Å². The molecule has 0 spiro atoms. The molecule has 7 nitrogen and oxygen atoms in total. The number of carboxylic acid groups (broad SMARTS) is 1. The van der Waals surface area contributed by atoms with E-state index in [0.717, 1.165) is 23.0 Å². The van der Waals surface area contributed by atoms with Crippen molar-refractivity contribution in [3.63, 3.8) is 0 Å². The van der Waals surface area contributed by atoms with Gasteiger partial charge in [-0.2, -0.15) is 4.98 Å². The zero-order chi connectivity index (χ0) is 16.4. The smallest absolute Gasteiger partial charge is 0.313 e. The molecule has 0 saturated heterocycles. The zero-order valence-corrected chi connectivity index (χ0v) is 13.6. The van der Waals surface area contributed by atoms with Gasteiger partial charge < -0.3 is 15.2 Å². The van der Waals surface area contributed by atoms with Crippen molar-refractivity contribution in [3.05, 3.63) is 24.3 Å². The fourth-order valence-electron chi connectivity index (χ4n) is 2.21. The van der Waals surface area contributed by atoms with E-state index in [-0.39, 0.29) is 10.9 Å². The summed E-state index contributed by atoms with van der Waals surface area (Å²) in [6.07, 6.45) is 0.711. The third-order valence-electron chi connectivity index (χ3n) is 3.54. The number of benzene rings is 1. The lowest BCUT2D eigenvalue weighted by Gasteiger charge is -2.29. The molecule has 1 aromatic carbocycles. The number of rotatable bonds is 4. The number of para-hydroxylation sites is 1. The number of aromatic nitrogens is 3. The van der Waals surface area contributed by atoms with Gasteiger partial charge in [0.05, 0.1) is 5.75 Å². The molecule has 0 bridgehead atoms. The summed E-state index contributed by atoms with van der Waals surface area (Å²) in [4.78, 5) is 15.0. The van der Waals surface area contributed by atoms with Crippen molar-refractivity contribution in [2.24, 2.45) is 0 Å². The van der Waals surface area contributed by atoms with Gasteiger partial charge in [-0.3, -0.25) is 4.79 Å². The maximum Gasteiger partial charge on any atom is 0.313 e. The Morgan fingerprint density at radius 3 is 2.91 bits per heavy atom. The molecule has 120 valence electrons. The maximum atomic E-state index is 10.7. The molecule has 1 aliphatic rings. The van der Waals surface area contributed by atoms with Crippen LogP contribution in [0.5, 0.6) is 5.88 Å². The summed E-state index contributed by atoms with van der Waals surface area (Å²) < 4.78 is 6.04. The van der Waals surface area contributed by atoms with Crippen LogP contribution in [0.25, 0.3) is 11.3 Å². The highest BCUT2D eigenvalue weighted by atomic mass is 32.2. The Morgan fingerprint density at radius 2 is 2.17 bits per heavy atom. The first-order chi connectivity index (χ1) is 11.0. The van der Waals surface area contributed by atoms with E-state index in [0.29, 0.717) is 18.0 Å². The molecular formula is C15H16N4O3S. The molecule has 1 unspecified atom stereocenters. The highest BCUT2D eigenvalue weighted by Gasteiger charge is 2.32. The van der Waals surface area contributed by atoms with Crippen LogP contribution in [0.2, 0.25) is 0 Å². The van der Waals surface area contributed by atoms with Gasteiger partial charge in [0, 0.05) is 17.7 Å². The Hall–Kier alpha value is -2.35. The number of thioether (sulfide) groups is 1. The number of nitrogens with one attached hydrogen (secondary N) is 1. The Morgan fingerprint density at radius 1 is 1.39 bits per heavy atom. The largest absolute Gasteiger partial charge is 0.481 e. The molecule has 0 aliphatic carbocycles. The lowest BCUT2D eigenvalue weighted by atomic mass is 10.1. The number of fused-ring (bicyclic) bond motifs is 3. The molecule has 0 radical (unpaired) electrons. The SMILES string of the molecule is CCC1(C)Nc2ccccc2-c2nnc(SCC(=O)O)nc2O1. The number of ether oxygens (including phenoxy) is 1. The van der Waals surface area contributed by atoms with Crippen LogP contribution < -0.4 is 10.1 Å². The first-order valence-corrected chi connectivity index (χ1v) is 8.15. The van der Waals surface area contributed by atoms with Gasteiger partial charge in [-0.25, -0.2) is 0 Å². The minimum atomic E-state index is -0.931. The average molecular weight is 332 g/mol. The molecule has 2 aromatic rings. The second kappa shape index (κ2) is 6.04. The summed E-state index contributed by atoms with van der Waals surface area (Å²) in [6.45, 7) is 3.94. The first kappa shape index (κ1) is 15.5. The normalized spacial score (nSPS) is 18.9. The van der Waals surface area contributed by atoms with Gasteiger partial charge in [0.2, 0.25) is 11.0 Å². The lowest BCUT2D eigenvalue weighted by molar-refractivity contribution is -0.133. The van der Waals surface area contributed by atoms with Crippen LogP contribution in [0.15, 0.2) is 29.4 Å². The van der Waals surface area contributed by atoms with E-state index >= 15 is 0 Å². The van der Waals surface area contributed by atoms with Gasteiger partial charge in [0.15, 0.2) is 11.4 Å². The van der Waals surface area contributed by atoms with E-state index < -0.39 is 11.7 Å². The molecule has 23 heavy (non-hydrogen) atoms. The minimum Gasteiger partial charge on any atom is -0.481 e. The summed E-state index contributed by atoms with van der Waals surface area (Å²) in [5, 5.41) is 20.6. The van der Waals surface area contributed by atoms with E-state index in [1.807, 2.05) is 38.1 Å². The van der Waals surface area contributed by atoms with Crippen molar-refractivity contribution < 1.29 is 14.6 Å². The topological polar surface area (TPSA) is 97.2 Å². The van der Waals surface area contributed by atoms with Gasteiger partial charge in [-0.15, -0.1) is 10.2 Å². The van der Waals surface area contributed by atoms with Crippen molar-refractivity contribution >= 4 is 23.4 Å². The average Bonchev–Trinajstić information content (AvgIpc) is 2.66. The van der Waals surface area contributed by atoms with Gasteiger partial charge in [0.1, 0.15) is 0 Å². The fraction of sp³-hybridized carbons (Fsp3) is 0.333. The van der Waals surface area contributed by atoms with E-state index in [4.69, 9.17) is 9.84 Å². The minimum absolute atomic E-state index is 0.125. The summed E-state index contributed by atoms with van der Waals surface area (Å²) in [5.41, 5.74) is 1.67. The quantitative estimate of drug-likeness (QED) is 0.825. The van der Waals surface area contributed by atoms with Crippen molar-refractivity contribution in [1.82, 2.24) is 15.2 Å². The third kappa shape index (κ3) is 3.21. The number of aliphatic carboxylic acids is 1. The van der Waals surface area contributed by atoms with Crippen molar-refractivity contribution in [1.29, 1.82) is 0 Å². The van der Waals surface area contributed by atoms with E-state index in [2.05, 4.69) is 20.5 Å². The van der Waals surface area contributed by atoms with Gasteiger partial charge >= 0.3 is 5.97 Å². The predicted molar refractivity (Wildman–Crippen MR) is 86.6 cm³/mol. The maximum absolute atomic E-state index is 10.7. The molecule has 0 saturated carbocycles. The number of hydrogen-bond acceptors (Lipinski definition) is 7. The van der Waals surface area contributed by atoms with Crippen LogP contribution in [0, 0.1) is 0 Å². The molecule has 2 N–H and O–H groups in total. The van der Waals surface area contributed by atoms with Crippen LogP contribution in [-0.2, 0) is 4.79 Å². The van der Waals surface area contributed by atoms with Crippen molar-refractivity contribution in [3.8, 4) is 17.1 Å². The van der Waals surface area contributed by atoms with Crippen molar-refractivity contribution in [2.45, 2.75) is 31.1 Å². The summed E-state index contributed by atoms with van der Waals surface area (Å²) in [6, 6.07) is 7.72. The Labute approximate surface area is 137 Å². The van der Waals surface area contributed by atoms with Gasteiger partial charge in [0.25, 0.3) is 0 Å². The van der Waals surface area contributed by atoms with E-state index in [9.17, 15) is 4.79 Å². The van der Waals surface area contributed by atoms with Crippen LogP contribution in [0.4, 0.5) is 5.69 Å². The van der Waals surface area contributed by atoms with E-state index in [1.165, 1.54) is 0 Å². The Balaban J connectivity index is 2.06. The molecule has 2 heterocycles. The Kier molecular flexibility index (Phi) is 4.08. The van der Waals surface area contributed by atoms with E-state index in [1.54, 1.807) is 0 Å². The highest BCUT2D eigenvalue weighted by Crippen LogP contribution is 2.39. The monoisotopic (exact) mass is 332 g/mol. The number of hydrogen-bond donors (Lipinski definition) is 2. The van der Waals surface area contributed by atoms with Crippen LogP contribution in [0.3, 0.4) is 0 Å². The predicted octanol–water partition coefficient (Wildman–Crippen LogP) is 2.65. The third-order valence-corrected chi connectivity index (χ3v) is 4.36. The number of carbonyl (C=O) groups is 1.